The molecule has 0 bridgehead atoms. The third kappa shape index (κ3) is 2.35. The van der Waals surface area contributed by atoms with Crippen LogP contribution in [0.5, 0.6) is 5.75 Å². The Morgan fingerprint density at radius 1 is 1.27 bits per heavy atom. The lowest BCUT2D eigenvalue weighted by atomic mass is 9.69. The van der Waals surface area contributed by atoms with Crippen LogP contribution in [0, 0.1) is 5.41 Å². The smallest absolute Gasteiger partial charge is 0.433 e. The Balaban J connectivity index is 2.81. The van der Waals surface area contributed by atoms with Gasteiger partial charge in [-0.2, -0.15) is 13.2 Å². The highest BCUT2D eigenvalue weighted by atomic mass is 35.5. The highest BCUT2D eigenvalue weighted by Crippen LogP contribution is 2.54. The second-order valence-corrected chi connectivity index (χ2v) is 6.51. The van der Waals surface area contributed by atoms with Crippen LogP contribution in [0.15, 0.2) is 23.8 Å². The van der Waals surface area contributed by atoms with E-state index in [0.717, 1.165) is 6.08 Å². The molecule has 1 N–H and O–H groups in total. The van der Waals surface area contributed by atoms with E-state index in [1.807, 2.05) is 0 Å². The van der Waals surface area contributed by atoms with Gasteiger partial charge in [0.25, 0.3) is 0 Å². The molecule has 0 spiro atoms. The Morgan fingerprint density at radius 3 is 2.32 bits per heavy atom. The Kier molecular flexibility index (Phi) is 3.72. The van der Waals surface area contributed by atoms with Gasteiger partial charge in [0.2, 0.25) is 5.60 Å². The Labute approximate surface area is 130 Å². The number of alkyl halides is 3. The summed E-state index contributed by atoms with van der Waals surface area (Å²) < 4.78 is 46.7. The van der Waals surface area contributed by atoms with Gasteiger partial charge in [-0.25, -0.2) is 4.79 Å². The van der Waals surface area contributed by atoms with Crippen LogP contribution < -0.4 is 4.74 Å². The first-order valence-corrected chi connectivity index (χ1v) is 6.79. The van der Waals surface area contributed by atoms with Crippen LogP contribution in [0.2, 0.25) is 5.02 Å². The van der Waals surface area contributed by atoms with Gasteiger partial charge in [-0.1, -0.05) is 32.4 Å². The first-order valence-electron chi connectivity index (χ1n) is 6.41. The van der Waals surface area contributed by atoms with Crippen molar-refractivity contribution in [1.82, 2.24) is 0 Å². The van der Waals surface area contributed by atoms with Crippen molar-refractivity contribution in [3.63, 3.8) is 0 Å². The molecule has 1 aliphatic rings. The highest BCUT2D eigenvalue weighted by Gasteiger charge is 2.68. The summed E-state index contributed by atoms with van der Waals surface area (Å²) in [6, 6.07) is 4.06. The minimum Gasteiger partial charge on any atom is -0.478 e. The fourth-order valence-electron chi connectivity index (χ4n) is 2.61. The predicted octanol–water partition coefficient (Wildman–Crippen LogP) is 4.55. The van der Waals surface area contributed by atoms with Crippen LogP contribution in [0.4, 0.5) is 13.2 Å². The van der Waals surface area contributed by atoms with Crippen molar-refractivity contribution in [2.45, 2.75) is 32.5 Å². The molecule has 0 saturated heterocycles. The van der Waals surface area contributed by atoms with Crippen molar-refractivity contribution in [2.75, 3.05) is 0 Å². The minimum atomic E-state index is -4.91. The SMILES string of the molecule is CC(C)(C)C1(C(F)(F)F)Oc2ccc(Cl)cc2C=C1C(=O)O. The zero-order valence-corrected chi connectivity index (χ0v) is 12.8. The van der Waals surface area contributed by atoms with Gasteiger partial charge in [-0.05, 0) is 24.3 Å². The van der Waals surface area contributed by atoms with E-state index in [-0.39, 0.29) is 16.3 Å². The number of carboxylic acid groups (broad SMARTS) is 1. The summed E-state index contributed by atoms with van der Waals surface area (Å²) >= 11 is 5.80. The summed E-state index contributed by atoms with van der Waals surface area (Å²) in [5.74, 6) is -1.74. The highest BCUT2D eigenvalue weighted by molar-refractivity contribution is 6.30. The molecule has 0 fully saturated rings. The zero-order valence-electron chi connectivity index (χ0n) is 12.1. The van der Waals surface area contributed by atoms with Gasteiger partial charge in [0.1, 0.15) is 5.75 Å². The van der Waals surface area contributed by atoms with Crippen LogP contribution in [0.3, 0.4) is 0 Å². The van der Waals surface area contributed by atoms with Crippen molar-refractivity contribution in [3.05, 3.63) is 34.4 Å². The van der Waals surface area contributed by atoms with E-state index < -0.39 is 28.7 Å². The molecule has 0 radical (unpaired) electrons. The van der Waals surface area contributed by atoms with Gasteiger partial charge in [0.15, 0.2) is 0 Å². The lowest BCUT2D eigenvalue weighted by Crippen LogP contribution is -2.62. The molecule has 22 heavy (non-hydrogen) atoms. The number of aliphatic carboxylic acids is 1. The van der Waals surface area contributed by atoms with Crippen LogP contribution in [-0.4, -0.2) is 22.9 Å². The molecule has 1 aromatic rings. The van der Waals surface area contributed by atoms with Crippen LogP contribution >= 0.6 is 11.6 Å². The second kappa shape index (κ2) is 4.91. The van der Waals surface area contributed by atoms with Crippen LogP contribution in [0.1, 0.15) is 26.3 Å². The molecule has 0 aromatic heterocycles. The van der Waals surface area contributed by atoms with Crippen molar-refractivity contribution in [1.29, 1.82) is 0 Å². The third-order valence-electron chi connectivity index (χ3n) is 3.60. The zero-order chi connectivity index (χ0) is 16.9. The monoisotopic (exact) mass is 334 g/mol. The van der Waals surface area contributed by atoms with E-state index >= 15 is 0 Å². The van der Waals surface area contributed by atoms with Gasteiger partial charge >= 0.3 is 12.1 Å². The molecular weight excluding hydrogens is 321 g/mol. The standard InChI is InChI=1S/C15H14ClF3O3/c1-13(2,3)14(15(17,18)19)10(12(20)21)7-8-6-9(16)4-5-11(8)22-14/h4-7H,1-3H3,(H,20,21). The molecule has 0 saturated carbocycles. The van der Waals surface area contributed by atoms with E-state index in [4.69, 9.17) is 16.3 Å². The first kappa shape index (κ1) is 16.7. The van der Waals surface area contributed by atoms with Crippen LogP contribution in [0.25, 0.3) is 6.08 Å². The van der Waals surface area contributed by atoms with E-state index in [2.05, 4.69) is 0 Å². The summed E-state index contributed by atoms with van der Waals surface area (Å²) in [4.78, 5) is 11.5. The normalized spacial score (nSPS) is 21.7. The molecule has 7 heteroatoms. The Morgan fingerprint density at radius 2 is 1.86 bits per heavy atom. The molecule has 0 aliphatic carbocycles. The fourth-order valence-corrected chi connectivity index (χ4v) is 2.79. The number of hydrogen-bond acceptors (Lipinski definition) is 2. The summed E-state index contributed by atoms with van der Waals surface area (Å²) in [7, 11) is 0. The number of halogens is 4. The minimum absolute atomic E-state index is 0.0540. The quantitative estimate of drug-likeness (QED) is 0.819. The molecule has 1 heterocycles. The number of rotatable bonds is 1. The number of carboxylic acids is 1. The summed E-state index contributed by atoms with van der Waals surface area (Å²) in [5, 5.41) is 9.59. The maximum atomic E-state index is 13.8. The molecule has 120 valence electrons. The van der Waals surface area contributed by atoms with Crippen molar-refractivity contribution in [3.8, 4) is 5.75 Å². The van der Waals surface area contributed by atoms with Gasteiger partial charge < -0.3 is 9.84 Å². The molecular formula is C15H14ClF3O3. The third-order valence-corrected chi connectivity index (χ3v) is 3.83. The van der Waals surface area contributed by atoms with Crippen LogP contribution in [-0.2, 0) is 4.79 Å². The fraction of sp³-hybridized carbons (Fsp3) is 0.400. The molecule has 2 rings (SSSR count). The number of hydrogen-bond donors (Lipinski definition) is 1. The Bertz CT molecular complexity index is 643. The topological polar surface area (TPSA) is 46.5 Å². The van der Waals surface area contributed by atoms with Gasteiger partial charge in [-0.15, -0.1) is 0 Å². The average Bonchev–Trinajstić information content (AvgIpc) is 2.34. The molecule has 0 amide bonds. The molecule has 1 unspecified atom stereocenters. The van der Waals surface area contributed by atoms with E-state index in [0.29, 0.717) is 0 Å². The lowest BCUT2D eigenvalue weighted by molar-refractivity contribution is -0.266. The largest absolute Gasteiger partial charge is 0.478 e. The summed E-state index contributed by atoms with van der Waals surface area (Å²) in [6.07, 6.45) is -3.93. The summed E-state index contributed by atoms with van der Waals surface area (Å²) in [5.41, 5.74) is -5.14. The van der Waals surface area contributed by atoms with Gasteiger partial charge in [-0.3, -0.25) is 0 Å². The number of benzene rings is 1. The maximum absolute atomic E-state index is 13.8. The van der Waals surface area contributed by atoms with E-state index in [9.17, 15) is 23.1 Å². The number of fused-ring (bicyclic) bond motifs is 1. The van der Waals surface area contributed by atoms with Gasteiger partial charge in [0, 0.05) is 16.0 Å². The average molecular weight is 335 g/mol. The molecule has 1 aliphatic heterocycles. The van der Waals surface area contributed by atoms with E-state index in [1.54, 1.807) is 0 Å². The molecule has 3 nitrogen and oxygen atoms in total. The maximum Gasteiger partial charge on any atom is 0.433 e. The predicted molar refractivity (Wildman–Crippen MR) is 75.9 cm³/mol. The second-order valence-electron chi connectivity index (χ2n) is 6.08. The lowest BCUT2D eigenvalue weighted by Gasteiger charge is -2.47. The molecule has 1 aromatic carbocycles. The molecule has 1 atom stereocenters. The van der Waals surface area contributed by atoms with Crippen molar-refractivity contribution >= 4 is 23.6 Å². The summed E-state index contributed by atoms with van der Waals surface area (Å²) in [6.45, 7) is 3.87. The number of ether oxygens (including phenoxy) is 1. The first-order chi connectivity index (χ1) is 9.90. The Hall–Kier alpha value is -1.69. The van der Waals surface area contributed by atoms with Crippen molar-refractivity contribution in [2.24, 2.45) is 5.41 Å². The van der Waals surface area contributed by atoms with Crippen molar-refractivity contribution < 1.29 is 27.8 Å². The van der Waals surface area contributed by atoms with E-state index in [1.165, 1.54) is 39.0 Å². The number of carbonyl (C=O) groups is 1. The van der Waals surface area contributed by atoms with Gasteiger partial charge in [0.05, 0.1) is 5.57 Å².